The van der Waals surface area contributed by atoms with Crippen molar-refractivity contribution < 1.29 is 9.59 Å². The third-order valence-corrected chi connectivity index (χ3v) is 1.15. The Morgan fingerprint density at radius 1 is 1.00 bits per heavy atom. The summed E-state index contributed by atoms with van der Waals surface area (Å²) in [5.74, 6) is -0.123. The molecule has 0 aromatic rings. The molecular weight excluding hydrogens is 120 g/mol. The molecule has 0 saturated carbocycles. The van der Waals surface area contributed by atoms with Gasteiger partial charge in [0, 0.05) is 12.8 Å². The first-order valence-electron chi connectivity index (χ1n) is 2.82. The second-order valence-electron chi connectivity index (χ2n) is 1.88. The monoisotopic (exact) mass is 128 g/mol. The molecule has 2 N–H and O–H groups in total. The standard InChI is InChI=1S/C5H8N2O2/c8-4-1-2-5(9)7-3-6-4/h1-3H2,(H,6,8)(H,7,9). The van der Waals surface area contributed by atoms with Gasteiger partial charge in [-0.2, -0.15) is 0 Å². The van der Waals surface area contributed by atoms with Crippen molar-refractivity contribution in [2.75, 3.05) is 6.67 Å². The van der Waals surface area contributed by atoms with Gasteiger partial charge in [-0.3, -0.25) is 9.59 Å². The van der Waals surface area contributed by atoms with Crippen molar-refractivity contribution >= 4 is 11.8 Å². The largest absolute Gasteiger partial charge is 0.339 e. The van der Waals surface area contributed by atoms with E-state index in [4.69, 9.17) is 0 Å². The van der Waals surface area contributed by atoms with E-state index in [1.54, 1.807) is 0 Å². The highest BCUT2D eigenvalue weighted by Crippen LogP contribution is 1.90. The van der Waals surface area contributed by atoms with Gasteiger partial charge in [-0.05, 0) is 0 Å². The highest BCUT2D eigenvalue weighted by atomic mass is 16.2. The van der Waals surface area contributed by atoms with E-state index in [0.29, 0.717) is 12.8 Å². The van der Waals surface area contributed by atoms with Crippen molar-refractivity contribution in [2.45, 2.75) is 12.8 Å². The van der Waals surface area contributed by atoms with Crippen molar-refractivity contribution in [3.63, 3.8) is 0 Å². The molecule has 0 aromatic carbocycles. The quantitative estimate of drug-likeness (QED) is 0.438. The molecule has 2 amide bonds. The molecule has 0 aromatic heterocycles. The van der Waals surface area contributed by atoms with Gasteiger partial charge in [-0.1, -0.05) is 0 Å². The van der Waals surface area contributed by atoms with Crippen LogP contribution in [0.15, 0.2) is 0 Å². The average Bonchev–Trinajstić information content (AvgIpc) is 1.97. The fourth-order valence-corrected chi connectivity index (χ4v) is 0.645. The lowest BCUT2D eigenvalue weighted by molar-refractivity contribution is -0.123. The Kier molecular flexibility index (Phi) is 1.67. The number of rotatable bonds is 0. The maximum atomic E-state index is 10.5. The predicted molar refractivity (Wildman–Crippen MR) is 30.4 cm³/mol. The molecule has 1 heterocycles. The van der Waals surface area contributed by atoms with E-state index in [9.17, 15) is 9.59 Å². The summed E-state index contributed by atoms with van der Waals surface area (Å²) < 4.78 is 0. The summed E-state index contributed by atoms with van der Waals surface area (Å²) in [5.41, 5.74) is 0. The summed E-state index contributed by atoms with van der Waals surface area (Å²) in [5, 5.41) is 5.01. The molecule has 0 atom stereocenters. The van der Waals surface area contributed by atoms with E-state index in [1.165, 1.54) is 0 Å². The summed E-state index contributed by atoms with van der Waals surface area (Å²) in [7, 11) is 0. The van der Waals surface area contributed by atoms with E-state index in [-0.39, 0.29) is 18.5 Å². The minimum atomic E-state index is -0.0617. The zero-order valence-corrected chi connectivity index (χ0v) is 4.94. The Hall–Kier alpha value is -1.06. The van der Waals surface area contributed by atoms with Crippen LogP contribution in [0.25, 0.3) is 0 Å². The minimum Gasteiger partial charge on any atom is -0.339 e. The summed E-state index contributed by atoms with van der Waals surface area (Å²) in [6, 6.07) is 0. The van der Waals surface area contributed by atoms with Crippen LogP contribution in [0.4, 0.5) is 0 Å². The summed E-state index contributed by atoms with van der Waals surface area (Å²) in [6.45, 7) is 0.275. The van der Waals surface area contributed by atoms with Gasteiger partial charge in [0.25, 0.3) is 0 Å². The first kappa shape index (κ1) is 6.07. The number of nitrogens with one attached hydrogen (secondary N) is 2. The summed E-state index contributed by atoms with van der Waals surface area (Å²) in [6.07, 6.45) is 0.623. The van der Waals surface area contributed by atoms with E-state index in [1.807, 2.05) is 0 Å². The zero-order valence-electron chi connectivity index (χ0n) is 4.94. The SMILES string of the molecule is O=C1CCC(=O)NCN1. The van der Waals surface area contributed by atoms with Gasteiger partial charge in [0.05, 0.1) is 6.67 Å². The second-order valence-corrected chi connectivity index (χ2v) is 1.88. The highest BCUT2D eigenvalue weighted by molar-refractivity contribution is 5.85. The van der Waals surface area contributed by atoms with Crippen LogP contribution in [0, 0.1) is 0 Å². The Morgan fingerprint density at radius 3 is 1.89 bits per heavy atom. The van der Waals surface area contributed by atoms with Gasteiger partial charge >= 0.3 is 0 Å². The molecule has 50 valence electrons. The second kappa shape index (κ2) is 2.48. The van der Waals surface area contributed by atoms with Crippen LogP contribution in [-0.2, 0) is 9.59 Å². The maximum Gasteiger partial charge on any atom is 0.221 e. The fraction of sp³-hybridized carbons (Fsp3) is 0.600. The zero-order chi connectivity index (χ0) is 6.69. The molecule has 0 unspecified atom stereocenters. The summed E-state index contributed by atoms with van der Waals surface area (Å²) >= 11 is 0. The summed E-state index contributed by atoms with van der Waals surface area (Å²) in [4.78, 5) is 21.1. The van der Waals surface area contributed by atoms with Crippen molar-refractivity contribution in [1.82, 2.24) is 10.6 Å². The lowest BCUT2D eigenvalue weighted by Crippen LogP contribution is -2.31. The number of carbonyl (C=O) groups is 2. The first-order valence-corrected chi connectivity index (χ1v) is 2.82. The van der Waals surface area contributed by atoms with Crippen molar-refractivity contribution in [3.05, 3.63) is 0 Å². The number of amides is 2. The molecule has 4 heteroatoms. The number of hydrogen-bond donors (Lipinski definition) is 2. The van der Waals surface area contributed by atoms with Crippen LogP contribution in [0.2, 0.25) is 0 Å². The Morgan fingerprint density at radius 2 is 1.44 bits per heavy atom. The molecule has 4 nitrogen and oxygen atoms in total. The lowest BCUT2D eigenvalue weighted by Gasteiger charge is -1.96. The molecule has 1 aliphatic heterocycles. The molecule has 1 fully saturated rings. The van der Waals surface area contributed by atoms with Crippen LogP contribution < -0.4 is 10.6 Å². The van der Waals surface area contributed by atoms with Gasteiger partial charge < -0.3 is 10.6 Å². The van der Waals surface area contributed by atoms with Gasteiger partial charge in [0.15, 0.2) is 0 Å². The van der Waals surface area contributed by atoms with Crippen LogP contribution in [-0.4, -0.2) is 18.5 Å². The maximum absolute atomic E-state index is 10.5. The number of hydrogen-bond acceptors (Lipinski definition) is 2. The lowest BCUT2D eigenvalue weighted by atomic mass is 10.3. The van der Waals surface area contributed by atoms with Crippen molar-refractivity contribution in [2.24, 2.45) is 0 Å². The van der Waals surface area contributed by atoms with Crippen molar-refractivity contribution in [3.8, 4) is 0 Å². The topological polar surface area (TPSA) is 58.2 Å². The molecule has 0 aliphatic carbocycles. The Labute approximate surface area is 52.6 Å². The predicted octanol–water partition coefficient (Wildman–Crippen LogP) is -1.03. The van der Waals surface area contributed by atoms with E-state index < -0.39 is 0 Å². The molecule has 1 rings (SSSR count). The molecule has 0 radical (unpaired) electrons. The highest BCUT2D eigenvalue weighted by Gasteiger charge is 2.09. The number of carbonyl (C=O) groups excluding carboxylic acids is 2. The van der Waals surface area contributed by atoms with Crippen LogP contribution >= 0.6 is 0 Å². The van der Waals surface area contributed by atoms with Gasteiger partial charge in [-0.15, -0.1) is 0 Å². The molecule has 0 spiro atoms. The molecule has 1 saturated heterocycles. The van der Waals surface area contributed by atoms with Crippen molar-refractivity contribution in [1.29, 1.82) is 0 Å². The van der Waals surface area contributed by atoms with Gasteiger partial charge in [0.1, 0.15) is 0 Å². The van der Waals surface area contributed by atoms with E-state index in [2.05, 4.69) is 10.6 Å². The van der Waals surface area contributed by atoms with Crippen LogP contribution in [0.5, 0.6) is 0 Å². The fourth-order valence-electron chi connectivity index (χ4n) is 0.645. The van der Waals surface area contributed by atoms with Crippen LogP contribution in [0.1, 0.15) is 12.8 Å². The Bertz CT molecular complexity index is 128. The van der Waals surface area contributed by atoms with Crippen LogP contribution in [0.3, 0.4) is 0 Å². The minimum absolute atomic E-state index is 0.0617. The normalized spacial score (nSPS) is 20.0. The van der Waals surface area contributed by atoms with E-state index in [0.717, 1.165) is 0 Å². The molecular formula is C5H8N2O2. The third kappa shape index (κ3) is 1.71. The van der Waals surface area contributed by atoms with E-state index >= 15 is 0 Å². The molecule has 0 bridgehead atoms. The first-order chi connectivity index (χ1) is 4.29. The smallest absolute Gasteiger partial charge is 0.221 e. The van der Waals surface area contributed by atoms with Gasteiger partial charge in [-0.25, -0.2) is 0 Å². The van der Waals surface area contributed by atoms with Gasteiger partial charge in [0.2, 0.25) is 11.8 Å². The average molecular weight is 128 g/mol. The Balaban J connectivity index is 2.43. The molecule has 9 heavy (non-hydrogen) atoms. The third-order valence-electron chi connectivity index (χ3n) is 1.15. The molecule has 1 aliphatic rings.